The van der Waals surface area contributed by atoms with E-state index in [9.17, 15) is 4.39 Å². The number of nitrogens with zero attached hydrogens (tertiary/aromatic N) is 2. The summed E-state index contributed by atoms with van der Waals surface area (Å²) in [6.07, 6.45) is 1.58. The van der Waals surface area contributed by atoms with E-state index in [1.54, 1.807) is 18.3 Å². The molecule has 3 nitrogen and oxygen atoms in total. The van der Waals surface area contributed by atoms with Crippen molar-refractivity contribution in [1.29, 1.82) is 0 Å². The van der Waals surface area contributed by atoms with Gasteiger partial charge in [0, 0.05) is 11.6 Å². The summed E-state index contributed by atoms with van der Waals surface area (Å²) in [5.74, 6) is 0.110. The Balaban J connectivity index is 2.13. The summed E-state index contributed by atoms with van der Waals surface area (Å²) in [5.41, 5.74) is 2.47. The number of hydrogen-bond donors (Lipinski definition) is 0. The van der Waals surface area contributed by atoms with Crippen LogP contribution in [0, 0.1) is 5.82 Å². The fourth-order valence-corrected chi connectivity index (χ4v) is 1.92. The van der Waals surface area contributed by atoms with Crippen molar-refractivity contribution in [2.45, 2.75) is 0 Å². The molecule has 1 heterocycles. The second-order valence-corrected chi connectivity index (χ2v) is 4.09. The number of methoxy groups -OCH3 is 1. The Morgan fingerprint density at radius 3 is 2.58 bits per heavy atom. The third-order valence-electron chi connectivity index (χ3n) is 2.90. The molecule has 3 aromatic rings. The largest absolute Gasteiger partial charge is 0.497 e. The lowest BCUT2D eigenvalue weighted by Gasteiger charge is -2.06. The van der Waals surface area contributed by atoms with E-state index in [1.165, 1.54) is 13.2 Å². The van der Waals surface area contributed by atoms with Crippen LogP contribution in [0.2, 0.25) is 0 Å². The minimum atomic E-state index is -0.371. The lowest BCUT2D eigenvalue weighted by atomic mass is 10.1. The summed E-state index contributed by atoms with van der Waals surface area (Å²) < 4.78 is 19.0. The van der Waals surface area contributed by atoms with Gasteiger partial charge in [0.15, 0.2) is 0 Å². The van der Waals surface area contributed by atoms with E-state index in [0.717, 1.165) is 11.0 Å². The first-order valence-electron chi connectivity index (χ1n) is 5.83. The predicted molar refractivity (Wildman–Crippen MR) is 71.5 cm³/mol. The highest BCUT2D eigenvalue weighted by Gasteiger charge is 2.09. The highest BCUT2D eigenvalue weighted by molar-refractivity contribution is 5.77. The van der Waals surface area contributed by atoms with Crippen molar-refractivity contribution < 1.29 is 9.13 Å². The Morgan fingerprint density at radius 2 is 1.84 bits per heavy atom. The maximum Gasteiger partial charge on any atom is 0.136 e. The van der Waals surface area contributed by atoms with Crippen LogP contribution in [0.25, 0.3) is 22.3 Å². The highest BCUT2D eigenvalue weighted by atomic mass is 19.1. The lowest BCUT2D eigenvalue weighted by molar-refractivity contribution is 0.411. The number of benzene rings is 2. The molecule has 3 rings (SSSR count). The van der Waals surface area contributed by atoms with Crippen LogP contribution in [0.1, 0.15) is 0 Å². The van der Waals surface area contributed by atoms with Gasteiger partial charge in [-0.3, -0.25) is 4.98 Å². The van der Waals surface area contributed by atoms with E-state index >= 15 is 0 Å². The third-order valence-corrected chi connectivity index (χ3v) is 2.90. The Kier molecular flexibility index (Phi) is 2.83. The Morgan fingerprint density at radius 1 is 1.05 bits per heavy atom. The number of aromatic nitrogens is 2. The Bertz CT molecular complexity index is 743. The van der Waals surface area contributed by atoms with Gasteiger partial charge in [-0.1, -0.05) is 12.1 Å². The molecule has 0 aliphatic carbocycles. The first-order chi connectivity index (χ1) is 9.28. The van der Waals surface area contributed by atoms with E-state index < -0.39 is 0 Å². The minimum absolute atomic E-state index is 0.371. The molecule has 2 aromatic carbocycles. The molecule has 0 fully saturated rings. The van der Waals surface area contributed by atoms with E-state index in [-0.39, 0.29) is 5.82 Å². The topological polar surface area (TPSA) is 35.0 Å². The normalized spacial score (nSPS) is 10.6. The minimum Gasteiger partial charge on any atom is -0.497 e. The maximum absolute atomic E-state index is 14.0. The van der Waals surface area contributed by atoms with E-state index in [2.05, 4.69) is 9.97 Å². The van der Waals surface area contributed by atoms with Gasteiger partial charge in [0.25, 0.3) is 0 Å². The van der Waals surface area contributed by atoms with Crippen LogP contribution < -0.4 is 4.74 Å². The van der Waals surface area contributed by atoms with Crippen LogP contribution >= 0.6 is 0 Å². The average molecular weight is 254 g/mol. The van der Waals surface area contributed by atoms with Crippen molar-refractivity contribution in [3.05, 3.63) is 54.5 Å². The fraction of sp³-hybridized carbons (Fsp3) is 0.0667. The zero-order valence-electron chi connectivity index (χ0n) is 10.3. The number of halogens is 1. The molecule has 4 heteroatoms. The fourth-order valence-electron chi connectivity index (χ4n) is 1.92. The molecule has 0 spiro atoms. The summed E-state index contributed by atoms with van der Waals surface area (Å²) in [7, 11) is 1.50. The number of para-hydroxylation sites is 2. The molecule has 0 atom stereocenters. The van der Waals surface area contributed by atoms with E-state index in [4.69, 9.17) is 4.74 Å². The first-order valence-corrected chi connectivity index (χ1v) is 5.83. The van der Waals surface area contributed by atoms with Gasteiger partial charge in [0.05, 0.1) is 30.0 Å². The van der Waals surface area contributed by atoms with Crippen molar-refractivity contribution in [1.82, 2.24) is 9.97 Å². The molecule has 0 aliphatic rings. The summed E-state index contributed by atoms with van der Waals surface area (Å²) in [6.45, 7) is 0. The zero-order chi connectivity index (χ0) is 13.2. The number of ether oxygens (including phenoxy) is 1. The average Bonchev–Trinajstić information content (AvgIpc) is 2.46. The van der Waals surface area contributed by atoms with Crippen LogP contribution in [-0.2, 0) is 0 Å². The quantitative estimate of drug-likeness (QED) is 0.702. The molecule has 0 aliphatic heterocycles. The van der Waals surface area contributed by atoms with Crippen LogP contribution in [0.4, 0.5) is 4.39 Å². The third kappa shape index (κ3) is 2.12. The molecular weight excluding hydrogens is 243 g/mol. The summed E-state index contributed by atoms with van der Waals surface area (Å²) in [5, 5.41) is 0. The highest BCUT2D eigenvalue weighted by Crippen LogP contribution is 2.25. The standard InChI is InChI=1S/C15H11FN2O/c1-19-10-6-7-11(12(16)8-10)15-9-17-13-4-2-3-5-14(13)18-15/h2-9H,1H3. The van der Waals surface area contributed by atoms with Crippen LogP contribution in [-0.4, -0.2) is 17.1 Å². The van der Waals surface area contributed by atoms with Crippen molar-refractivity contribution in [3.8, 4) is 17.0 Å². The van der Waals surface area contributed by atoms with Crippen LogP contribution in [0.3, 0.4) is 0 Å². The zero-order valence-corrected chi connectivity index (χ0v) is 10.3. The van der Waals surface area contributed by atoms with E-state index in [1.807, 2.05) is 24.3 Å². The molecular formula is C15H11FN2O. The van der Waals surface area contributed by atoms with Gasteiger partial charge in [0.2, 0.25) is 0 Å². The van der Waals surface area contributed by atoms with Crippen molar-refractivity contribution >= 4 is 11.0 Å². The van der Waals surface area contributed by atoms with Crippen molar-refractivity contribution in [3.63, 3.8) is 0 Å². The van der Waals surface area contributed by atoms with E-state index in [0.29, 0.717) is 17.0 Å². The first kappa shape index (κ1) is 11.6. The van der Waals surface area contributed by atoms with Gasteiger partial charge >= 0.3 is 0 Å². The number of hydrogen-bond acceptors (Lipinski definition) is 3. The lowest BCUT2D eigenvalue weighted by Crippen LogP contribution is -1.92. The van der Waals surface area contributed by atoms with Gasteiger partial charge < -0.3 is 4.74 Å². The molecule has 0 bridgehead atoms. The van der Waals surface area contributed by atoms with Gasteiger partial charge in [-0.05, 0) is 24.3 Å². The molecule has 19 heavy (non-hydrogen) atoms. The van der Waals surface area contributed by atoms with Gasteiger partial charge in [-0.15, -0.1) is 0 Å². The number of rotatable bonds is 2. The van der Waals surface area contributed by atoms with Crippen LogP contribution in [0.15, 0.2) is 48.7 Å². The smallest absolute Gasteiger partial charge is 0.136 e. The molecule has 94 valence electrons. The molecule has 0 saturated heterocycles. The van der Waals surface area contributed by atoms with Gasteiger partial charge in [-0.2, -0.15) is 0 Å². The molecule has 0 unspecified atom stereocenters. The second kappa shape index (κ2) is 4.65. The second-order valence-electron chi connectivity index (χ2n) is 4.09. The van der Waals surface area contributed by atoms with Crippen molar-refractivity contribution in [2.75, 3.05) is 7.11 Å². The molecule has 0 amide bonds. The summed E-state index contributed by atoms with van der Waals surface area (Å²) in [6, 6.07) is 12.2. The Hall–Kier alpha value is -2.49. The van der Waals surface area contributed by atoms with Gasteiger partial charge in [0.1, 0.15) is 11.6 Å². The SMILES string of the molecule is COc1ccc(-c2cnc3ccccc3n2)c(F)c1. The van der Waals surface area contributed by atoms with Crippen LogP contribution in [0.5, 0.6) is 5.75 Å². The maximum atomic E-state index is 14.0. The predicted octanol–water partition coefficient (Wildman–Crippen LogP) is 3.44. The number of fused-ring (bicyclic) bond motifs is 1. The molecule has 1 aromatic heterocycles. The molecule has 0 radical (unpaired) electrons. The summed E-state index contributed by atoms with van der Waals surface area (Å²) >= 11 is 0. The molecule has 0 saturated carbocycles. The Labute approximate surface area is 109 Å². The van der Waals surface area contributed by atoms with Crippen molar-refractivity contribution in [2.24, 2.45) is 0 Å². The summed E-state index contributed by atoms with van der Waals surface area (Å²) in [4.78, 5) is 8.70. The monoisotopic (exact) mass is 254 g/mol. The molecule has 0 N–H and O–H groups in total. The van der Waals surface area contributed by atoms with Gasteiger partial charge in [-0.25, -0.2) is 9.37 Å².